The number of rotatable bonds is 2. The molecular formula is C21H15N3O5. The van der Waals surface area contributed by atoms with Crippen molar-refractivity contribution in [2.24, 2.45) is 14.1 Å². The summed E-state index contributed by atoms with van der Waals surface area (Å²) in [6.45, 7) is 0. The molecule has 0 atom stereocenters. The summed E-state index contributed by atoms with van der Waals surface area (Å²) in [6, 6.07) is 10.9. The van der Waals surface area contributed by atoms with Crippen LogP contribution in [0.4, 0.5) is 5.69 Å². The molecule has 0 bridgehead atoms. The molecule has 1 amide bonds. The minimum atomic E-state index is -0.733. The van der Waals surface area contributed by atoms with Gasteiger partial charge in [-0.1, -0.05) is 24.3 Å². The number of carbonyl (C=O) groups is 3. The zero-order valence-corrected chi connectivity index (χ0v) is 15.6. The lowest BCUT2D eigenvalue weighted by Crippen LogP contribution is -2.40. The van der Waals surface area contributed by atoms with Crippen LogP contribution in [0, 0.1) is 0 Å². The molecule has 1 aliphatic rings. The van der Waals surface area contributed by atoms with E-state index in [1.54, 1.807) is 24.3 Å². The molecule has 1 aliphatic carbocycles. The molecule has 1 heterocycles. The van der Waals surface area contributed by atoms with Gasteiger partial charge in [0.25, 0.3) is 11.5 Å². The molecule has 3 aromatic rings. The van der Waals surface area contributed by atoms with Gasteiger partial charge in [0.2, 0.25) is 0 Å². The molecule has 0 unspecified atom stereocenters. The van der Waals surface area contributed by atoms with Crippen molar-refractivity contribution in [2.75, 3.05) is 5.32 Å². The molecule has 1 aromatic heterocycles. The van der Waals surface area contributed by atoms with Crippen LogP contribution in [0.2, 0.25) is 0 Å². The van der Waals surface area contributed by atoms with Gasteiger partial charge in [0, 0.05) is 48.2 Å². The van der Waals surface area contributed by atoms with Crippen molar-refractivity contribution in [3.8, 4) is 0 Å². The van der Waals surface area contributed by atoms with Gasteiger partial charge in [0.1, 0.15) is 5.56 Å². The highest BCUT2D eigenvalue weighted by Crippen LogP contribution is 2.29. The zero-order chi connectivity index (χ0) is 20.9. The van der Waals surface area contributed by atoms with Crippen molar-refractivity contribution >= 4 is 23.2 Å². The Labute approximate surface area is 164 Å². The number of aromatic nitrogens is 2. The second kappa shape index (κ2) is 6.52. The van der Waals surface area contributed by atoms with Gasteiger partial charge in [0.15, 0.2) is 11.6 Å². The lowest BCUT2D eigenvalue weighted by atomic mass is 9.84. The van der Waals surface area contributed by atoms with Crippen molar-refractivity contribution in [1.82, 2.24) is 9.13 Å². The van der Waals surface area contributed by atoms with Crippen LogP contribution in [-0.2, 0) is 14.1 Å². The van der Waals surface area contributed by atoms with Crippen LogP contribution < -0.4 is 16.6 Å². The van der Waals surface area contributed by atoms with E-state index in [1.807, 2.05) is 0 Å². The van der Waals surface area contributed by atoms with E-state index in [0.717, 1.165) is 15.3 Å². The number of ketones is 2. The first kappa shape index (κ1) is 18.3. The molecule has 0 aliphatic heterocycles. The lowest BCUT2D eigenvalue weighted by molar-refractivity contribution is 0.0979. The fraction of sp³-hybridized carbons (Fsp3) is 0.0952. The number of aryl methyl sites for hydroxylation is 1. The smallest absolute Gasteiger partial charge is 0.322 e. The predicted molar refractivity (Wildman–Crippen MR) is 105 cm³/mol. The Morgan fingerprint density at radius 2 is 1.41 bits per heavy atom. The maximum absolute atomic E-state index is 12.8. The van der Waals surface area contributed by atoms with E-state index in [4.69, 9.17) is 0 Å². The fourth-order valence-electron chi connectivity index (χ4n) is 3.34. The molecule has 144 valence electrons. The lowest BCUT2D eigenvalue weighted by Gasteiger charge is -2.18. The van der Waals surface area contributed by atoms with Gasteiger partial charge in [-0.2, -0.15) is 0 Å². The number of amides is 1. The first-order valence-corrected chi connectivity index (χ1v) is 8.70. The van der Waals surface area contributed by atoms with Gasteiger partial charge in [-0.25, -0.2) is 4.79 Å². The Kier molecular flexibility index (Phi) is 4.11. The zero-order valence-electron chi connectivity index (χ0n) is 15.6. The summed E-state index contributed by atoms with van der Waals surface area (Å²) >= 11 is 0. The van der Waals surface area contributed by atoms with Gasteiger partial charge in [-0.05, 0) is 18.2 Å². The molecule has 1 N–H and O–H groups in total. The molecule has 2 aromatic carbocycles. The number of benzene rings is 2. The van der Waals surface area contributed by atoms with Crippen LogP contribution in [0.1, 0.15) is 42.2 Å². The van der Waals surface area contributed by atoms with Gasteiger partial charge in [-0.3, -0.25) is 23.7 Å². The van der Waals surface area contributed by atoms with E-state index in [0.29, 0.717) is 11.1 Å². The number of nitrogens with zero attached hydrogens (tertiary/aromatic N) is 2. The molecule has 29 heavy (non-hydrogen) atoms. The Morgan fingerprint density at radius 1 is 0.828 bits per heavy atom. The van der Waals surface area contributed by atoms with E-state index in [1.165, 1.54) is 32.3 Å². The van der Waals surface area contributed by atoms with Crippen LogP contribution in [0.5, 0.6) is 0 Å². The highest BCUT2D eigenvalue weighted by atomic mass is 16.2. The van der Waals surface area contributed by atoms with Crippen LogP contribution in [-0.4, -0.2) is 26.6 Å². The summed E-state index contributed by atoms with van der Waals surface area (Å²) in [7, 11) is 2.71. The Bertz CT molecular complexity index is 1350. The van der Waals surface area contributed by atoms with E-state index >= 15 is 0 Å². The molecule has 4 rings (SSSR count). The summed E-state index contributed by atoms with van der Waals surface area (Å²) in [6.07, 6.45) is 1.16. The van der Waals surface area contributed by atoms with Crippen molar-refractivity contribution in [3.63, 3.8) is 0 Å². The number of hydrogen-bond donors (Lipinski definition) is 1. The number of nitrogens with one attached hydrogen (secondary N) is 1. The standard InChI is InChI=1S/C21H15N3O5/c1-23-10-16(20(28)24(2)21(23)29)19(27)22-11-7-8-14-15(9-11)18(26)13-6-4-3-5-12(13)17(14)25/h3-10H,1-2H3,(H,22,27). The fourth-order valence-corrected chi connectivity index (χ4v) is 3.34. The largest absolute Gasteiger partial charge is 0.330 e. The van der Waals surface area contributed by atoms with E-state index in [9.17, 15) is 24.0 Å². The molecule has 0 radical (unpaired) electrons. The van der Waals surface area contributed by atoms with Gasteiger partial charge in [-0.15, -0.1) is 0 Å². The average molecular weight is 389 g/mol. The maximum atomic E-state index is 12.8. The van der Waals surface area contributed by atoms with Crippen molar-refractivity contribution in [3.05, 3.63) is 97.3 Å². The quantitative estimate of drug-likeness (QED) is 0.553. The predicted octanol–water partition coefficient (Wildman–Crippen LogP) is 1.11. The second-order valence-electron chi connectivity index (χ2n) is 6.72. The van der Waals surface area contributed by atoms with Crippen molar-refractivity contribution in [2.45, 2.75) is 0 Å². The highest BCUT2D eigenvalue weighted by Gasteiger charge is 2.29. The summed E-state index contributed by atoms with van der Waals surface area (Å²) in [5.74, 6) is -1.31. The van der Waals surface area contributed by atoms with Gasteiger partial charge < -0.3 is 9.88 Å². The Morgan fingerprint density at radius 3 is 2.07 bits per heavy atom. The normalized spacial score (nSPS) is 12.3. The van der Waals surface area contributed by atoms with Crippen LogP contribution in [0.15, 0.2) is 58.3 Å². The summed E-state index contributed by atoms with van der Waals surface area (Å²) < 4.78 is 1.96. The molecule has 0 saturated heterocycles. The molecule has 0 saturated carbocycles. The second-order valence-corrected chi connectivity index (χ2v) is 6.72. The minimum Gasteiger partial charge on any atom is -0.322 e. The minimum absolute atomic E-state index is 0.180. The highest BCUT2D eigenvalue weighted by molar-refractivity contribution is 6.28. The average Bonchev–Trinajstić information content (AvgIpc) is 2.73. The maximum Gasteiger partial charge on any atom is 0.330 e. The van der Waals surface area contributed by atoms with E-state index in [2.05, 4.69) is 5.32 Å². The SMILES string of the molecule is Cn1cc(C(=O)Nc2ccc3c(c2)C(=O)c2ccccc2C3=O)c(=O)n(C)c1=O. The first-order chi connectivity index (χ1) is 13.8. The van der Waals surface area contributed by atoms with Crippen LogP contribution in [0.25, 0.3) is 0 Å². The molecule has 0 fully saturated rings. The van der Waals surface area contributed by atoms with Gasteiger partial charge in [0.05, 0.1) is 0 Å². The third kappa shape index (κ3) is 2.82. The Hall–Kier alpha value is -4.07. The molecule has 8 nitrogen and oxygen atoms in total. The molecular weight excluding hydrogens is 374 g/mol. The first-order valence-electron chi connectivity index (χ1n) is 8.70. The van der Waals surface area contributed by atoms with E-state index in [-0.39, 0.29) is 33.9 Å². The number of anilines is 1. The van der Waals surface area contributed by atoms with Crippen molar-refractivity contribution in [1.29, 1.82) is 0 Å². The number of fused-ring (bicyclic) bond motifs is 2. The summed E-state index contributed by atoms with van der Waals surface area (Å²) in [5.41, 5.74) is -0.169. The summed E-state index contributed by atoms with van der Waals surface area (Å²) in [4.78, 5) is 62.0. The Balaban J connectivity index is 1.72. The third-order valence-corrected chi connectivity index (χ3v) is 4.87. The third-order valence-electron chi connectivity index (χ3n) is 4.87. The molecule has 0 spiro atoms. The number of hydrogen-bond acceptors (Lipinski definition) is 5. The summed E-state index contributed by atoms with van der Waals surface area (Å²) in [5, 5.41) is 2.55. The van der Waals surface area contributed by atoms with Crippen molar-refractivity contribution < 1.29 is 14.4 Å². The van der Waals surface area contributed by atoms with Gasteiger partial charge >= 0.3 is 5.69 Å². The van der Waals surface area contributed by atoms with Crippen LogP contribution >= 0.6 is 0 Å². The van der Waals surface area contributed by atoms with E-state index < -0.39 is 17.2 Å². The van der Waals surface area contributed by atoms with Crippen LogP contribution in [0.3, 0.4) is 0 Å². The molecule has 8 heteroatoms. The number of carbonyl (C=O) groups excluding carboxylic acids is 3. The monoisotopic (exact) mass is 389 g/mol. The topological polar surface area (TPSA) is 107 Å².